The first-order chi connectivity index (χ1) is 10.9. The third-order valence-electron chi connectivity index (χ3n) is 4.32. The highest BCUT2D eigenvalue weighted by Crippen LogP contribution is 2.35. The molecule has 1 atom stereocenters. The van der Waals surface area contributed by atoms with Crippen LogP contribution in [0.3, 0.4) is 0 Å². The van der Waals surface area contributed by atoms with E-state index in [1.165, 1.54) is 12.1 Å². The van der Waals surface area contributed by atoms with Crippen LogP contribution in [0.4, 0.5) is 13.2 Å². The summed E-state index contributed by atoms with van der Waals surface area (Å²) in [6.07, 6.45) is -1.51. The van der Waals surface area contributed by atoms with Gasteiger partial charge in [-0.2, -0.15) is 13.2 Å². The van der Waals surface area contributed by atoms with E-state index in [-0.39, 0.29) is 23.0 Å². The van der Waals surface area contributed by atoms with Crippen LogP contribution in [0.25, 0.3) is 5.57 Å². The van der Waals surface area contributed by atoms with Gasteiger partial charge < -0.3 is 10.1 Å². The van der Waals surface area contributed by atoms with Gasteiger partial charge in [-0.3, -0.25) is 4.79 Å². The molecule has 0 spiro atoms. The summed E-state index contributed by atoms with van der Waals surface area (Å²) in [4.78, 5) is 12.5. The monoisotopic (exact) mass is 325 g/mol. The van der Waals surface area contributed by atoms with Crippen molar-refractivity contribution in [1.82, 2.24) is 5.32 Å². The Morgan fingerprint density at radius 1 is 1.30 bits per heavy atom. The minimum absolute atomic E-state index is 0.231. The van der Waals surface area contributed by atoms with E-state index < -0.39 is 17.8 Å². The lowest BCUT2D eigenvalue weighted by Crippen LogP contribution is -2.35. The molecule has 1 aliphatic carbocycles. The van der Waals surface area contributed by atoms with Crippen molar-refractivity contribution < 1.29 is 22.7 Å². The maximum atomic E-state index is 12.9. The van der Waals surface area contributed by atoms with Gasteiger partial charge in [0.05, 0.1) is 11.1 Å². The van der Waals surface area contributed by atoms with Crippen LogP contribution in [0, 0.1) is 0 Å². The standard InChI is InChI=1S/C17H18F3NO2/c1-2-13-15(22)14(16(23-13)21-12-7-4-8-12)10-5-3-6-11(9-10)17(18,19)20/h3,5-6,9,12-13,21H,2,4,7-8H2,1H3. The number of alkyl halides is 3. The van der Waals surface area contributed by atoms with Gasteiger partial charge >= 0.3 is 6.18 Å². The van der Waals surface area contributed by atoms with Gasteiger partial charge in [-0.05, 0) is 43.4 Å². The molecule has 1 aromatic carbocycles. The van der Waals surface area contributed by atoms with Crippen molar-refractivity contribution in [2.24, 2.45) is 0 Å². The van der Waals surface area contributed by atoms with E-state index in [0.29, 0.717) is 12.3 Å². The molecule has 3 nitrogen and oxygen atoms in total. The van der Waals surface area contributed by atoms with Crippen LogP contribution in [-0.2, 0) is 15.7 Å². The van der Waals surface area contributed by atoms with E-state index >= 15 is 0 Å². The zero-order valence-electron chi connectivity index (χ0n) is 12.7. The molecule has 1 unspecified atom stereocenters. The molecule has 1 saturated carbocycles. The molecular weight excluding hydrogens is 307 g/mol. The average molecular weight is 325 g/mol. The molecule has 23 heavy (non-hydrogen) atoms. The molecule has 0 amide bonds. The molecule has 0 aromatic heterocycles. The topological polar surface area (TPSA) is 38.3 Å². The van der Waals surface area contributed by atoms with Crippen LogP contribution in [-0.4, -0.2) is 17.9 Å². The Labute approximate surface area is 132 Å². The molecule has 124 valence electrons. The summed E-state index contributed by atoms with van der Waals surface area (Å²) in [6, 6.07) is 5.08. The Balaban J connectivity index is 1.98. The first-order valence-electron chi connectivity index (χ1n) is 7.79. The van der Waals surface area contributed by atoms with Crippen molar-refractivity contribution in [2.75, 3.05) is 0 Å². The molecule has 3 rings (SSSR count). The Morgan fingerprint density at radius 3 is 2.61 bits per heavy atom. The molecule has 2 aliphatic rings. The number of rotatable bonds is 4. The quantitative estimate of drug-likeness (QED) is 0.912. The Bertz CT molecular complexity index is 647. The van der Waals surface area contributed by atoms with E-state index in [4.69, 9.17) is 4.74 Å². The highest BCUT2D eigenvalue weighted by Gasteiger charge is 2.37. The number of Topliss-reactive ketones (excluding diaryl/α,β-unsaturated/α-hetero) is 1. The number of hydrogen-bond donors (Lipinski definition) is 1. The summed E-state index contributed by atoms with van der Waals surface area (Å²) in [7, 11) is 0. The SMILES string of the molecule is CCC1OC(NC2CCC2)=C(c2cccc(C(F)(F)F)c2)C1=O. The minimum atomic E-state index is -4.44. The van der Waals surface area contributed by atoms with Crippen LogP contribution in [0.5, 0.6) is 0 Å². The summed E-state index contributed by atoms with van der Waals surface area (Å²) in [5.41, 5.74) is -0.282. The summed E-state index contributed by atoms with van der Waals surface area (Å²) in [5, 5.41) is 3.17. The van der Waals surface area contributed by atoms with Crippen molar-refractivity contribution in [2.45, 2.75) is 50.9 Å². The first kappa shape index (κ1) is 15.9. The largest absolute Gasteiger partial charge is 0.467 e. The van der Waals surface area contributed by atoms with Crippen LogP contribution in [0.2, 0.25) is 0 Å². The number of nitrogens with one attached hydrogen (secondary N) is 1. The van der Waals surface area contributed by atoms with Gasteiger partial charge in [0, 0.05) is 6.04 Å². The molecule has 0 saturated heterocycles. The molecule has 1 aliphatic heterocycles. The van der Waals surface area contributed by atoms with Crippen LogP contribution in [0.15, 0.2) is 30.1 Å². The predicted octanol–water partition coefficient (Wildman–Crippen LogP) is 3.89. The van der Waals surface area contributed by atoms with Crippen molar-refractivity contribution in [3.8, 4) is 0 Å². The van der Waals surface area contributed by atoms with Gasteiger partial charge in [0.2, 0.25) is 5.78 Å². The number of benzene rings is 1. The maximum absolute atomic E-state index is 12.9. The van der Waals surface area contributed by atoms with Crippen molar-refractivity contribution >= 4 is 11.4 Å². The lowest BCUT2D eigenvalue weighted by Gasteiger charge is -2.28. The van der Waals surface area contributed by atoms with Crippen molar-refractivity contribution in [3.05, 3.63) is 41.3 Å². The molecule has 1 N–H and O–H groups in total. The normalized spacial score (nSPS) is 22.1. The summed E-state index contributed by atoms with van der Waals surface area (Å²) in [5.74, 6) is 0.0690. The fourth-order valence-corrected chi connectivity index (χ4v) is 2.76. The molecule has 1 fully saturated rings. The number of hydrogen-bond acceptors (Lipinski definition) is 3. The molecule has 0 radical (unpaired) electrons. The third kappa shape index (κ3) is 3.07. The van der Waals surface area contributed by atoms with Gasteiger partial charge in [0.1, 0.15) is 0 Å². The minimum Gasteiger partial charge on any atom is -0.467 e. The Kier molecular flexibility index (Phi) is 4.08. The smallest absolute Gasteiger partial charge is 0.416 e. The number of ether oxygens (including phenoxy) is 1. The van der Waals surface area contributed by atoms with E-state index in [2.05, 4.69) is 5.32 Å². The van der Waals surface area contributed by atoms with Crippen LogP contribution < -0.4 is 5.32 Å². The second kappa shape index (κ2) is 5.91. The fourth-order valence-electron chi connectivity index (χ4n) is 2.76. The predicted molar refractivity (Wildman–Crippen MR) is 79.3 cm³/mol. The second-order valence-electron chi connectivity index (χ2n) is 5.93. The Hall–Kier alpha value is -1.98. The fraction of sp³-hybridized carbons (Fsp3) is 0.471. The summed E-state index contributed by atoms with van der Waals surface area (Å²) < 4.78 is 44.4. The Morgan fingerprint density at radius 2 is 2.04 bits per heavy atom. The van der Waals surface area contributed by atoms with Crippen molar-refractivity contribution in [3.63, 3.8) is 0 Å². The highest BCUT2D eigenvalue weighted by atomic mass is 19.4. The van der Waals surface area contributed by atoms with Gasteiger partial charge in [-0.25, -0.2) is 0 Å². The number of halogens is 3. The van der Waals surface area contributed by atoms with Crippen LogP contribution in [0.1, 0.15) is 43.7 Å². The lowest BCUT2D eigenvalue weighted by molar-refractivity contribution is -0.137. The molecule has 0 bridgehead atoms. The molecule has 6 heteroatoms. The average Bonchev–Trinajstić information content (AvgIpc) is 2.78. The van der Waals surface area contributed by atoms with Gasteiger partial charge in [-0.1, -0.05) is 19.1 Å². The summed E-state index contributed by atoms with van der Waals surface area (Å²) in [6.45, 7) is 1.82. The van der Waals surface area contributed by atoms with Gasteiger partial charge in [0.15, 0.2) is 12.0 Å². The van der Waals surface area contributed by atoms with E-state index in [1.807, 2.05) is 6.92 Å². The van der Waals surface area contributed by atoms with Crippen LogP contribution >= 0.6 is 0 Å². The lowest BCUT2D eigenvalue weighted by atomic mass is 9.92. The molecule has 1 aromatic rings. The first-order valence-corrected chi connectivity index (χ1v) is 7.79. The van der Waals surface area contributed by atoms with E-state index in [0.717, 1.165) is 31.4 Å². The summed E-state index contributed by atoms with van der Waals surface area (Å²) >= 11 is 0. The third-order valence-corrected chi connectivity index (χ3v) is 4.32. The van der Waals surface area contributed by atoms with Gasteiger partial charge in [0.25, 0.3) is 0 Å². The maximum Gasteiger partial charge on any atom is 0.416 e. The number of ketones is 1. The second-order valence-corrected chi connectivity index (χ2v) is 5.93. The van der Waals surface area contributed by atoms with E-state index in [1.54, 1.807) is 0 Å². The van der Waals surface area contributed by atoms with Crippen molar-refractivity contribution in [1.29, 1.82) is 0 Å². The molecule has 1 heterocycles. The molecular formula is C17H18F3NO2. The zero-order valence-corrected chi connectivity index (χ0v) is 12.7. The zero-order chi connectivity index (χ0) is 16.6. The van der Waals surface area contributed by atoms with E-state index in [9.17, 15) is 18.0 Å². The van der Waals surface area contributed by atoms with Gasteiger partial charge in [-0.15, -0.1) is 0 Å². The number of carbonyl (C=O) groups excluding carboxylic acids is 1. The number of carbonyl (C=O) groups is 1. The highest BCUT2D eigenvalue weighted by molar-refractivity contribution is 6.25.